The normalized spacial score (nSPS) is 15.2. The third kappa shape index (κ3) is 8.56. The van der Waals surface area contributed by atoms with Crippen LogP contribution in [0.4, 0.5) is 10.6 Å². The van der Waals surface area contributed by atoms with Crippen molar-refractivity contribution in [3.8, 4) is 17.2 Å². The molecule has 2 aromatic heterocycles. The summed E-state index contributed by atoms with van der Waals surface area (Å²) in [6, 6.07) is 17.3. The van der Waals surface area contributed by atoms with Gasteiger partial charge in [-0.3, -0.25) is 4.79 Å². The number of nitrogens with one attached hydrogen (secondary N) is 1. The molecule has 3 heterocycles. The second kappa shape index (κ2) is 14.2. The first-order valence-corrected chi connectivity index (χ1v) is 16.0. The fraction of sp³-hybridized carbons (Fsp3) is 0.444. The topological polar surface area (TPSA) is 108 Å². The molecule has 0 bridgehead atoms. The Bertz CT molecular complexity index is 1640. The highest BCUT2D eigenvalue weighted by molar-refractivity contribution is 5.93. The number of piperidine rings is 1. The Hall–Kier alpha value is -4.60. The Morgan fingerprint density at radius 3 is 2.37 bits per heavy atom. The minimum Gasteiger partial charge on any atom is -0.497 e. The molecule has 0 radical (unpaired) electrons. The summed E-state index contributed by atoms with van der Waals surface area (Å²) in [6.07, 6.45) is 4.10. The Morgan fingerprint density at radius 1 is 1.00 bits per heavy atom. The Morgan fingerprint density at radius 2 is 1.70 bits per heavy atom. The number of benzene rings is 2. The molecule has 0 unspecified atom stereocenters. The minimum atomic E-state index is -0.562. The van der Waals surface area contributed by atoms with Crippen LogP contribution in [0.2, 0.25) is 0 Å². The average molecular weight is 628 g/mol. The number of pyridine rings is 1. The smallest absolute Gasteiger partial charge is 0.410 e. The molecule has 244 valence electrons. The van der Waals surface area contributed by atoms with Gasteiger partial charge in [0.15, 0.2) is 11.5 Å². The largest absolute Gasteiger partial charge is 0.497 e. The van der Waals surface area contributed by atoms with Crippen molar-refractivity contribution < 1.29 is 23.8 Å². The van der Waals surface area contributed by atoms with Gasteiger partial charge in [-0.15, -0.1) is 0 Å². The van der Waals surface area contributed by atoms with Crippen LogP contribution in [0, 0.1) is 5.92 Å². The van der Waals surface area contributed by atoms with Gasteiger partial charge in [0.2, 0.25) is 0 Å². The molecule has 2 aromatic carbocycles. The summed E-state index contributed by atoms with van der Waals surface area (Å²) in [5, 5.41) is 9.34. The molecule has 1 aliphatic rings. The summed E-state index contributed by atoms with van der Waals surface area (Å²) in [4.78, 5) is 31.7. The number of carbonyl (C=O) groups is 2. The molecule has 1 amide bonds. The van der Waals surface area contributed by atoms with Crippen LogP contribution in [-0.4, -0.2) is 63.4 Å². The van der Waals surface area contributed by atoms with Crippen molar-refractivity contribution in [1.82, 2.24) is 19.7 Å². The maximum Gasteiger partial charge on any atom is 0.410 e. The van der Waals surface area contributed by atoms with E-state index in [0.717, 1.165) is 35.1 Å². The third-order valence-electron chi connectivity index (χ3n) is 7.69. The van der Waals surface area contributed by atoms with Gasteiger partial charge in [0.25, 0.3) is 0 Å². The van der Waals surface area contributed by atoms with E-state index in [1.54, 1.807) is 18.2 Å². The number of aromatic nitrogens is 3. The fourth-order valence-electron chi connectivity index (χ4n) is 5.61. The highest BCUT2D eigenvalue weighted by atomic mass is 16.6. The molecule has 1 saturated heterocycles. The highest BCUT2D eigenvalue weighted by Crippen LogP contribution is 2.35. The maximum absolute atomic E-state index is 12.9. The summed E-state index contributed by atoms with van der Waals surface area (Å²) in [7, 11) is 1.65. The van der Waals surface area contributed by atoms with Crippen LogP contribution in [-0.2, 0) is 22.5 Å². The van der Waals surface area contributed by atoms with E-state index in [4.69, 9.17) is 24.3 Å². The Labute approximate surface area is 271 Å². The minimum absolute atomic E-state index is 0.0375. The second-order valence-corrected chi connectivity index (χ2v) is 13.3. The molecule has 4 aromatic rings. The summed E-state index contributed by atoms with van der Waals surface area (Å²) in [5.41, 5.74) is 2.11. The van der Waals surface area contributed by atoms with Crippen molar-refractivity contribution in [3.05, 3.63) is 71.9 Å². The van der Waals surface area contributed by atoms with E-state index in [1.165, 1.54) is 0 Å². The third-order valence-corrected chi connectivity index (χ3v) is 7.69. The van der Waals surface area contributed by atoms with Crippen LogP contribution in [0.1, 0.15) is 65.0 Å². The molecule has 46 heavy (non-hydrogen) atoms. The number of hydrogen-bond acceptors (Lipinski definition) is 8. The van der Waals surface area contributed by atoms with Gasteiger partial charge in [-0.25, -0.2) is 14.5 Å². The van der Waals surface area contributed by atoms with Gasteiger partial charge >= 0.3 is 6.09 Å². The number of fused-ring (bicyclic) bond motifs is 1. The van der Waals surface area contributed by atoms with E-state index in [-0.39, 0.29) is 17.9 Å². The number of ether oxygens (including phenoxy) is 3. The van der Waals surface area contributed by atoms with Crippen molar-refractivity contribution in [2.75, 3.05) is 25.5 Å². The molecule has 10 nitrogen and oxygen atoms in total. The van der Waals surface area contributed by atoms with Gasteiger partial charge in [0.1, 0.15) is 34.0 Å². The number of anilines is 1. The van der Waals surface area contributed by atoms with E-state index in [2.05, 4.69) is 19.2 Å². The molecule has 5 rings (SSSR count). The van der Waals surface area contributed by atoms with Crippen molar-refractivity contribution in [2.45, 2.75) is 78.5 Å². The highest BCUT2D eigenvalue weighted by Gasteiger charge is 2.29. The van der Waals surface area contributed by atoms with Gasteiger partial charge in [-0.2, -0.15) is 5.10 Å². The summed E-state index contributed by atoms with van der Waals surface area (Å²) in [6.45, 7) is 11.4. The SMILES string of the molecule is COc1ccc(Cn2nc(N[C@@H]3CCCN(C(=O)OC(C)(C)C)C3)c3c(Oc4ccc(CC(=O)CC(C)C)cc4)ccnc32)cc1. The van der Waals surface area contributed by atoms with Crippen molar-refractivity contribution >= 4 is 28.7 Å². The second-order valence-electron chi connectivity index (χ2n) is 13.3. The van der Waals surface area contributed by atoms with Gasteiger partial charge in [-0.05, 0) is 74.9 Å². The predicted molar refractivity (Wildman–Crippen MR) is 179 cm³/mol. The van der Waals surface area contributed by atoms with E-state index < -0.39 is 5.60 Å². The van der Waals surface area contributed by atoms with Crippen LogP contribution in [0.25, 0.3) is 11.0 Å². The fourth-order valence-corrected chi connectivity index (χ4v) is 5.61. The number of carbonyl (C=O) groups excluding carboxylic acids is 2. The zero-order chi connectivity index (χ0) is 32.8. The number of ketones is 1. The molecule has 0 saturated carbocycles. The summed E-state index contributed by atoms with van der Waals surface area (Å²) < 4.78 is 19.3. The van der Waals surface area contributed by atoms with Gasteiger partial charge < -0.3 is 24.4 Å². The number of Topliss-reactive ketones (excluding diaryl/α,β-unsaturated/α-hetero) is 1. The van der Waals surface area contributed by atoms with E-state index >= 15 is 0 Å². The number of likely N-dealkylation sites (tertiary alicyclic amines) is 1. The van der Waals surface area contributed by atoms with Crippen LogP contribution in [0.15, 0.2) is 60.8 Å². The first-order valence-electron chi connectivity index (χ1n) is 16.0. The lowest BCUT2D eigenvalue weighted by atomic mass is 10.0. The number of nitrogens with zero attached hydrogens (tertiary/aromatic N) is 4. The van der Waals surface area contributed by atoms with Gasteiger partial charge in [0, 0.05) is 44.2 Å². The Balaban J connectivity index is 1.42. The summed E-state index contributed by atoms with van der Waals surface area (Å²) in [5.74, 6) is 3.25. The van der Waals surface area contributed by atoms with Crippen LogP contribution in [0.3, 0.4) is 0 Å². The predicted octanol–water partition coefficient (Wildman–Crippen LogP) is 7.25. The Kier molecular flexibility index (Phi) is 10.1. The van der Waals surface area contributed by atoms with Crippen molar-refractivity contribution in [1.29, 1.82) is 0 Å². The van der Waals surface area contributed by atoms with E-state index in [9.17, 15) is 9.59 Å². The van der Waals surface area contributed by atoms with E-state index in [1.807, 2.05) is 80.1 Å². The van der Waals surface area contributed by atoms with Crippen LogP contribution >= 0.6 is 0 Å². The molecule has 1 fully saturated rings. The van der Waals surface area contributed by atoms with Crippen molar-refractivity contribution in [3.63, 3.8) is 0 Å². The average Bonchev–Trinajstić information content (AvgIpc) is 3.34. The zero-order valence-electron chi connectivity index (χ0n) is 27.7. The quantitative estimate of drug-likeness (QED) is 0.185. The maximum atomic E-state index is 12.9. The first-order chi connectivity index (χ1) is 22.0. The van der Waals surface area contributed by atoms with Gasteiger partial charge in [0.05, 0.1) is 13.7 Å². The van der Waals surface area contributed by atoms with Gasteiger partial charge in [-0.1, -0.05) is 38.1 Å². The lowest BCUT2D eigenvalue weighted by Crippen LogP contribution is -2.47. The molecule has 1 aliphatic heterocycles. The molecule has 1 atom stereocenters. The standard InChI is InChI=1S/C36H45N5O5/c1-24(2)20-28(42)21-25-9-15-30(16-10-25)45-31-17-18-37-34-32(31)33(39-41(34)22-26-11-13-29(44-6)14-12-26)38-27-8-7-19-40(23-27)35(43)46-36(3,4)5/h9-18,24,27H,7-8,19-23H2,1-6H3,(H,38,39)/t27-/m1/s1. The lowest BCUT2D eigenvalue weighted by Gasteiger charge is -2.34. The molecular weight excluding hydrogens is 582 g/mol. The molecule has 0 aliphatic carbocycles. The summed E-state index contributed by atoms with van der Waals surface area (Å²) >= 11 is 0. The zero-order valence-corrected chi connectivity index (χ0v) is 27.7. The number of rotatable bonds is 11. The molecule has 10 heteroatoms. The van der Waals surface area contributed by atoms with Crippen molar-refractivity contribution in [2.24, 2.45) is 5.92 Å². The van der Waals surface area contributed by atoms with Crippen LogP contribution < -0.4 is 14.8 Å². The number of hydrogen-bond donors (Lipinski definition) is 1. The van der Waals surface area contributed by atoms with E-state index in [0.29, 0.717) is 61.4 Å². The molecular formula is C36H45N5O5. The first kappa shape index (κ1) is 32.8. The van der Waals surface area contributed by atoms with Crippen LogP contribution in [0.5, 0.6) is 17.2 Å². The number of amides is 1. The number of methoxy groups -OCH3 is 1. The molecule has 1 N–H and O–H groups in total. The molecule has 0 spiro atoms. The monoisotopic (exact) mass is 627 g/mol. The lowest BCUT2D eigenvalue weighted by molar-refractivity contribution is -0.119.